The summed E-state index contributed by atoms with van der Waals surface area (Å²) in [6.45, 7) is 2.90. The van der Waals surface area contributed by atoms with Gasteiger partial charge in [-0.15, -0.1) is 11.8 Å². The molecule has 1 aliphatic heterocycles. The maximum absolute atomic E-state index is 13.1. The van der Waals surface area contributed by atoms with Crippen molar-refractivity contribution in [1.82, 2.24) is 9.78 Å². The minimum Gasteiger partial charge on any atom is -0.494 e. The zero-order valence-electron chi connectivity index (χ0n) is 18.3. The number of amides is 1. The highest BCUT2D eigenvalue weighted by Crippen LogP contribution is 2.41. The lowest BCUT2D eigenvalue weighted by atomic mass is 10.1. The van der Waals surface area contributed by atoms with E-state index in [1.165, 1.54) is 37.4 Å². The van der Waals surface area contributed by atoms with Crippen LogP contribution < -0.4 is 15.6 Å². The lowest BCUT2D eigenvalue weighted by Gasteiger charge is -2.19. The highest BCUT2D eigenvalue weighted by Gasteiger charge is 2.32. The van der Waals surface area contributed by atoms with Crippen molar-refractivity contribution >= 4 is 23.5 Å². The number of hydrogen-bond donors (Lipinski definition) is 2. The highest BCUT2D eigenvalue weighted by atomic mass is 32.2. The number of unbranched alkanes of at least 4 members (excludes halogenated alkanes) is 2. The molecule has 1 aromatic carbocycles. The van der Waals surface area contributed by atoms with Gasteiger partial charge in [0.25, 0.3) is 5.56 Å². The first kappa shape index (κ1) is 22.1. The van der Waals surface area contributed by atoms with Crippen LogP contribution in [0.3, 0.4) is 0 Å². The number of carbonyl (C=O) groups is 1. The number of thioether (sulfide) groups is 1. The van der Waals surface area contributed by atoms with Crippen LogP contribution in [0.4, 0.5) is 5.82 Å². The molecule has 2 N–H and O–H groups in total. The lowest BCUT2D eigenvalue weighted by molar-refractivity contribution is -0.113. The Kier molecular flexibility index (Phi) is 7.43. The Morgan fingerprint density at radius 1 is 1.06 bits per heavy atom. The number of nitrogens with zero attached hydrogens (tertiary/aromatic N) is 1. The number of aromatic nitrogens is 2. The van der Waals surface area contributed by atoms with Gasteiger partial charge >= 0.3 is 0 Å². The number of ether oxygens (including phenoxy) is 1. The van der Waals surface area contributed by atoms with Gasteiger partial charge in [-0.25, -0.2) is 0 Å². The fourth-order valence-electron chi connectivity index (χ4n) is 4.58. The monoisotopic (exact) mass is 443 g/mol. The fraction of sp³-hybridized carbons (Fsp3) is 0.583. The number of anilines is 1. The number of benzene rings is 1. The molecule has 1 aromatic heterocycles. The third kappa shape index (κ3) is 5.20. The summed E-state index contributed by atoms with van der Waals surface area (Å²) in [6, 6.07) is 8.22. The van der Waals surface area contributed by atoms with E-state index in [0.29, 0.717) is 17.1 Å². The molecule has 0 bridgehead atoms. The predicted octanol–water partition coefficient (Wildman–Crippen LogP) is 5.42. The Morgan fingerprint density at radius 3 is 2.52 bits per heavy atom. The fourth-order valence-corrected chi connectivity index (χ4v) is 5.70. The molecule has 4 rings (SSSR count). The minimum atomic E-state index is -0.182. The van der Waals surface area contributed by atoms with Crippen molar-refractivity contribution in [2.24, 2.45) is 0 Å². The Morgan fingerprint density at radius 2 is 1.81 bits per heavy atom. The van der Waals surface area contributed by atoms with E-state index in [-0.39, 0.29) is 22.8 Å². The van der Waals surface area contributed by atoms with E-state index in [9.17, 15) is 9.59 Å². The molecule has 1 fully saturated rings. The van der Waals surface area contributed by atoms with Gasteiger partial charge in [0.15, 0.2) is 0 Å². The van der Waals surface area contributed by atoms with Crippen molar-refractivity contribution in [3.8, 4) is 5.75 Å². The van der Waals surface area contributed by atoms with Gasteiger partial charge in [-0.3, -0.25) is 19.4 Å². The molecule has 1 amide bonds. The van der Waals surface area contributed by atoms with Gasteiger partial charge in [0.05, 0.1) is 29.2 Å². The SMILES string of the molecule is CCCCCOc1ccc([C@H]2SCC(=O)Nc3c2c(=O)[nH]n3C2CCCCCC2)cc1. The van der Waals surface area contributed by atoms with Crippen LogP contribution in [-0.4, -0.2) is 28.0 Å². The van der Waals surface area contributed by atoms with Crippen LogP contribution in [0.1, 0.15) is 87.1 Å². The van der Waals surface area contributed by atoms with Crippen molar-refractivity contribution < 1.29 is 9.53 Å². The van der Waals surface area contributed by atoms with E-state index in [1.54, 1.807) is 0 Å². The maximum Gasteiger partial charge on any atom is 0.270 e. The summed E-state index contributed by atoms with van der Waals surface area (Å²) in [5.41, 5.74) is 1.59. The van der Waals surface area contributed by atoms with Crippen molar-refractivity contribution in [2.45, 2.75) is 76.0 Å². The topological polar surface area (TPSA) is 76.1 Å². The quantitative estimate of drug-likeness (QED) is 0.443. The van der Waals surface area contributed by atoms with Gasteiger partial charge in [-0.2, -0.15) is 0 Å². The summed E-state index contributed by atoms with van der Waals surface area (Å²) in [6.07, 6.45) is 10.3. The van der Waals surface area contributed by atoms with Gasteiger partial charge in [0.2, 0.25) is 5.91 Å². The van der Waals surface area contributed by atoms with Crippen LogP contribution in [0.2, 0.25) is 0 Å². The summed E-state index contributed by atoms with van der Waals surface area (Å²) < 4.78 is 7.78. The number of fused-ring (bicyclic) bond motifs is 1. The Bertz CT molecular complexity index is 927. The molecule has 168 valence electrons. The van der Waals surface area contributed by atoms with Gasteiger partial charge in [0.1, 0.15) is 11.6 Å². The zero-order valence-corrected chi connectivity index (χ0v) is 19.1. The standard InChI is InChI=1S/C24H33N3O3S/c1-2-3-8-15-30-19-13-11-17(12-14-19)22-21-23(25-20(28)16-31-22)27(26-24(21)29)18-9-6-4-5-7-10-18/h11-14,18,22H,2-10,15-16H2,1H3,(H,25,28)(H,26,29)/t22-/m1/s1. The second kappa shape index (κ2) is 10.4. The van der Waals surface area contributed by atoms with Crippen LogP contribution >= 0.6 is 11.8 Å². The molecular weight excluding hydrogens is 410 g/mol. The van der Waals surface area contributed by atoms with Gasteiger partial charge < -0.3 is 10.1 Å². The van der Waals surface area contributed by atoms with E-state index in [2.05, 4.69) is 17.3 Å². The van der Waals surface area contributed by atoms with Crippen molar-refractivity contribution in [1.29, 1.82) is 0 Å². The average Bonchev–Trinajstić information content (AvgIpc) is 2.98. The molecule has 6 nitrogen and oxygen atoms in total. The van der Waals surface area contributed by atoms with E-state index in [1.807, 2.05) is 28.9 Å². The average molecular weight is 444 g/mol. The third-order valence-electron chi connectivity index (χ3n) is 6.25. The lowest BCUT2D eigenvalue weighted by Crippen LogP contribution is -2.19. The summed E-state index contributed by atoms with van der Waals surface area (Å²) in [5.74, 6) is 1.79. The summed E-state index contributed by atoms with van der Waals surface area (Å²) in [7, 11) is 0. The van der Waals surface area contributed by atoms with E-state index < -0.39 is 0 Å². The van der Waals surface area contributed by atoms with E-state index >= 15 is 0 Å². The summed E-state index contributed by atoms with van der Waals surface area (Å²) in [4.78, 5) is 25.5. The largest absolute Gasteiger partial charge is 0.494 e. The Labute approximate surface area is 188 Å². The van der Waals surface area contributed by atoms with Crippen LogP contribution in [0, 0.1) is 0 Å². The Hall–Kier alpha value is -2.15. The van der Waals surface area contributed by atoms with Crippen molar-refractivity contribution in [3.63, 3.8) is 0 Å². The van der Waals surface area contributed by atoms with Crippen molar-refractivity contribution in [3.05, 3.63) is 45.7 Å². The number of aromatic amines is 1. The smallest absolute Gasteiger partial charge is 0.270 e. The first-order valence-electron chi connectivity index (χ1n) is 11.7. The molecule has 2 heterocycles. The molecule has 0 unspecified atom stereocenters. The van der Waals surface area contributed by atoms with E-state index in [0.717, 1.165) is 50.0 Å². The molecule has 1 aliphatic carbocycles. The molecule has 0 saturated heterocycles. The first-order valence-corrected chi connectivity index (χ1v) is 12.7. The van der Waals surface area contributed by atoms with Crippen LogP contribution in [0.15, 0.2) is 29.1 Å². The third-order valence-corrected chi connectivity index (χ3v) is 7.52. The first-order chi connectivity index (χ1) is 15.2. The number of rotatable bonds is 7. The Balaban J connectivity index is 1.60. The molecule has 2 aromatic rings. The minimum absolute atomic E-state index is 0.0500. The van der Waals surface area contributed by atoms with Gasteiger partial charge in [0, 0.05) is 0 Å². The van der Waals surface area contributed by atoms with E-state index in [4.69, 9.17) is 4.74 Å². The number of carbonyl (C=O) groups excluding carboxylic acids is 1. The highest BCUT2D eigenvalue weighted by molar-refractivity contribution is 8.00. The zero-order chi connectivity index (χ0) is 21.6. The molecule has 31 heavy (non-hydrogen) atoms. The molecule has 2 aliphatic rings. The molecule has 1 saturated carbocycles. The molecule has 1 atom stereocenters. The van der Waals surface area contributed by atoms with Crippen molar-refractivity contribution in [2.75, 3.05) is 17.7 Å². The molecular formula is C24H33N3O3S. The van der Waals surface area contributed by atoms with Crippen LogP contribution in [0.5, 0.6) is 5.75 Å². The summed E-state index contributed by atoms with van der Waals surface area (Å²) >= 11 is 1.51. The molecule has 0 radical (unpaired) electrons. The second-order valence-corrected chi connectivity index (χ2v) is 9.68. The predicted molar refractivity (Wildman–Crippen MR) is 126 cm³/mol. The van der Waals surface area contributed by atoms with Gasteiger partial charge in [-0.05, 0) is 37.0 Å². The molecule has 7 heteroatoms. The second-order valence-electron chi connectivity index (χ2n) is 8.58. The van der Waals surface area contributed by atoms with Gasteiger partial charge in [-0.1, -0.05) is 57.6 Å². The van der Waals surface area contributed by atoms with Crippen LogP contribution in [0.25, 0.3) is 0 Å². The number of nitrogens with one attached hydrogen (secondary N) is 2. The number of H-pyrrole nitrogens is 1. The van der Waals surface area contributed by atoms with Crippen LogP contribution in [-0.2, 0) is 4.79 Å². The normalized spacial score (nSPS) is 19.9. The maximum atomic E-state index is 13.1. The summed E-state index contributed by atoms with van der Waals surface area (Å²) in [5, 5.41) is 5.91. The molecule has 0 spiro atoms. The number of hydrogen-bond acceptors (Lipinski definition) is 4.